The average molecular weight is 263 g/mol. The van der Waals surface area contributed by atoms with Crippen molar-refractivity contribution in [2.24, 2.45) is 5.92 Å². The van der Waals surface area contributed by atoms with E-state index in [4.69, 9.17) is 0 Å². The van der Waals surface area contributed by atoms with E-state index in [1.165, 1.54) is 19.0 Å². The minimum atomic E-state index is -0.242. The Labute approximate surface area is 114 Å². The van der Waals surface area contributed by atoms with E-state index in [1.807, 2.05) is 0 Å². The molecule has 0 bridgehead atoms. The second kappa shape index (κ2) is 4.84. The summed E-state index contributed by atoms with van der Waals surface area (Å²) in [7, 11) is 0. The summed E-state index contributed by atoms with van der Waals surface area (Å²) in [4.78, 5) is 6.48. The molecule has 1 saturated heterocycles. The van der Waals surface area contributed by atoms with Crippen LogP contribution in [0.3, 0.4) is 0 Å². The van der Waals surface area contributed by atoms with Crippen LogP contribution in [0.25, 0.3) is 0 Å². The maximum Gasteiger partial charge on any atom is 0.141 e. The molecule has 0 aromatic carbocycles. The van der Waals surface area contributed by atoms with Gasteiger partial charge in [-0.1, -0.05) is 0 Å². The molecule has 2 aliphatic rings. The Balaban J connectivity index is 1.79. The van der Waals surface area contributed by atoms with Gasteiger partial charge in [-0.3, -0.25) is 9.88 Å². The van der Waals surface area contributed by atoms with Crippen molar-refractivity contribution >= 4 is 0 Å². The molecule has 2 heterocycles. The molecule has 4 heteroatoms. The number of piperazine rings is 1. The summed E-state index contributed by atoms with van der Waals surface area (Å²) in [5.41, 5.74) is 1.18. The first-order chi connectivity index (χ1) is 9.08. The Kier molecular flexibility index (Phi) is 3.31. The number of hydrogen-bond acceptors (Lipinski definition) is 3. The van der Waals surface area contributed by atoms with Crippen LogP contribution in [-0.4, -0.2) is 34.6 Å². The van der Waals surface area contributed by atoms with Gasteiger partial charge in [0.25, 0.3) is 0 Å². The van der Waals surface area contributed by atoms with Crippen LogP contribution >= 0.6 is 0 Å². The van der Waals surface area contributed by atoms with Gasteiger partial charge in [-0.25, -0.2) is 4.39 Å². The van der Waals surface area contributed by atoms with Crippen LogP contribution in [0, 0.1) is 11.7 Å². The molecule has 1 aliphatic carbocycles. The maximum absolute atomic E-state index is 13.3. The molecule has 1 N–H and O–H groups in total. The van der Waals surface area contributed by atoms with E-state index >= 15 is 0 Å². The van der Waals surface area contributed by atoms with Gasteiger partial charge in [0.15, 0.2) is 0 Å². The van der Waals surface area contributed by atoms with Gasteiger partial charge in [-0.15, -0.1) is 0 Å². The second-order valence-corrected chi connectivity index (χ2v) is 6.31. The van der Waals surface area contributed by atoms with E-state index in [-0.39, 0.29) is 11.4 Å². The van der Waals surface area contributed by atoms with E-state index in [1.54, 1.807) is 12.3 Å². The first-order valence-corrected chi connectivity index (χ1v) is 7.16. The Morgan fingerprint density at radius 1 is 1.47 bits per heavy atom. The van der Waals surface area contributed by atoms with Crippen molar-refractivity contribution in [3.63, 3.8) is 0 Å². The highest BCUT2D eigenvalue weighted by Gasteiger charge is 2.47. The molecule has 1 aromatic heterocycles. The third kappa shape index (κ3) is 2.65. The summed E-state index contributed by atoms with van der Waals surface area (Å²) in [6.45, 7) is 7.40. The molecular formula is C15H22FN3. The number of nitrogens with zero attached hydrogens (tertiary/aromatic N) is 2. The van der Waals surface area contributed by atoms with Crippen LogP contribution in [0.2, 0.25) is 0 Å². The van der Waals surface area contributed by atoms with E-state index in [9.17, 15) is 4.39 Å². The molecule has 0 radical (unpaired) electrons. The Morgan fingerprint density at radius 3 is 2.95 bits per heavy atom. The monoisotopic (exact) mass is 263 g/mol. The van der Waals surface area contributed by atoms with Gasteiger partial charge in [0, 0.05) is 37.4 Å². The molecule has 1 aromatic rings. The van der Waals surface area contributed by atoms with Gasteiger partial charge >= 0.3 is 0 Å². The molecule has 19 heavy (non-hydrogen) atoms. The third-order valence-electron chi connectivity index (χ3n) is 4.62. The molecule has 2 unspecified atom stereocenters. The van der Waals surface area contributed by atoms with Crippen molar-refractivity contribution in [3.8, 4) is 0 Å². The lowest BCUT2D eigenvalue weighted by Crippen LogP contribution is -2.63. The van der Waals surface area contributed by atoms with Crippen molar-refractivity contribution < 1.29 is 4.39 Å². The van der Waals surface area contributed by atoms with E-state index < -0.39 is 0 Å². The smallest absolute Gasteiger partial charge is 0.141 e. The van der Waals surface area contributed by atoms with Crippen molar-refractivity contribution in [1.29, 1.82) is 0 Å². The lowest BCUT2D eigenvalue weighted by molar-refractivity contribution is 0.0310. The summed E-state index contributed by atoms with van der Waals surface area (Å²) >= 11 is 0. The molecule has 3 nitrogen and oxygen atoms in total. The van der Waals surface area contributed by atoms with Crippen LogP contribution in [0.5, 0.6) is 0 Å². The van der Waals surface area contributed by atoms with Gasteiger partial charge < -0.3 is 5.32 Å². The van der Waals surface area contributed by atoms with Gasteiger partial charge in [0.2, 0.25) is 0 Å². The van der Waals surface area contributed by atoms with Crippen LogP contribution in [-0.2, 0) is 6.54 Å². The van der Waals surface area contributed by atoms with Gasteiger partial charge in [-0.2, -0.15) is 0 Å². The summed E-state index contributed by atoms with van der Waals surface area (Å²) in [5.74, 6) is 0.544. The van der Waals surface area contributed by atoms with Crippen molar-refractivity contribution in [1.82, 2.24) is 15.2 Å². The highest BCUT2D eigenvalue weighted by atomic mass is 19.1. The Morgan fingerprint density at radius 2 is 2.26 bits per heavy atom. The van der Waals surface area contributed by atoms with Gasteiger partial charge in [-0.05, 0) is 44.2 Å². The number of pyridine rings is 1. The predicted octanol–water partition coefficient (Wildman–Crippen LogP) is 2.18. The zero-order chi connectivity index (χ0) is 13.5. The first-order valence-electron chi connectivity index (χ1n) is 7.16. The minimum Gasteiger partial charge on any atom is -0.311 e. The van der Waals surface area contributed by atoms with E-state index in [2.05, 4.69) is 29.0 Å². The lowest BCUT2D eigenvalue weighted by Gasteiger charge is -2.48. The van der Waals surface area contributed by atoms with E-state index in [0.717, 1.165) is 31.1 Å². The Bertz CT molecular complexity index is 460. The summed E-state index contributed by atoms with van der Waals surface area (Å²) in [6.07, 6.45) is 5.70. The molecular weight excluding hydrogens is 241 g/mol. The third-order valence-corrected chi connectivity index (χ3v) is 4.62. The maximum atomic E-state index is 13.3. The van der Waals surface area contributed by atoms with Crippen LogP contribution < -0.4 is 5.32 Å². The average Bonchev–Trinajstić information content (AvgIpc) is 3.18. The molecule has 0 spiro atoms. The van der Waals surface area contributed by atoms with Crippen LogP contribution in [0.4, 0.5) is 4.39 Å². The lowest BCUT2D eigenvalue weighted by atomic mass is 9.89. The zero-order valence-electron chi connectivity index (χ0n) is 11.7. The van der Waals surface area contributed by atoms with Crippen molar-refractivity contribution in [3.05, 3.63) is 29.8 Å². The largest absolute Gasteiger partial charge is 0.311 e. The number of nitrogens with one attached hydrogen (secondary N) is 1. The standard InChI is InChI=1S/C15H22FN3/c1-11-8-19(9-12-5-14(16)7-17-6-12)15(2,10-18-11)13-3-4-13/h5-7,11,13,18H,3-4,8-10H2,1-2H3. The van der Waals surface area contributed by atoms with E-state index in [0.29, 0.717) is 6.04 Å². The molecule has 0 amide bonds. The van der Waals surface area contributed by atoms with Gasteiger partial charge in [0.1, 0.15) is 5.82 Å². The predicted molar refractivity (Wildman–Crippen MR) is 73.2 cm³/mol. The number of hydrogen-bond donors (Lipinski definition) is 1. The summed E-state index contributed by atoms with van der Waals surface area (Å²) < 4.78 is 13.3. The van der Waals surface area contributed by atoms with Crippen LogP contribution in [0.15, 0.2) is 18.5 Å². The molecule has 3 rings (SSSR count). The van der Waals surface area contributed by atoms with Gasteiger partial charge in [0.05, 0.1) is 6.20 Å². The fourth-order valence-corrected chi connectivity index (χ4v) is 3.21. The minimum absolute atomic E-state index is 0.207. The normalized spacial score (nSPS) is 32.5. The Hall–Kier alpha value is -1.00. The summed E-state index contributed by atoms with van der Waals surface area (Å²) in [6, 6.07) is 2.10. The zero-order valence-corrected chi connectivity index (χ0v) is 11.7. The quantitative estimate of drug-likeness (QED) is 0.906. The highest BCUT2D eigenvalue weighted by Crippen LogP contribution is 2.44. The summed E-state index contributed by atoms with van der Waals surface area (Å²) in [5, 5.41) is 3.59. The molecule has 2 atom stereocenters. The second-order valence-electron chi connectivity index (χ2n) is 6.31. The molecule has 1 saturated carbocycles. The fraction of sp³-hybridized carbons (Fsp3) is 0.667. The molecule has 2 fully saturated rings. The number of aromatic nitrogens is 1. The highest BCUT2D eigenvalue weighted by molar-refractivity contribution is 5.13. The SMILES string of the molecule is CC1CN(Cc2cncc(F)c2)C(C)(C2CC2)CN1. The number of halogens is 1. The first kappa shape index (κ1) is 13.0. The molecule has 1 aliphatic heterocycles. The topological polar surface area (TPSA) is 28.2 Å². The van der Waals surface area contributed by atoms with Crippen molar-refractivity contribution in [2.75, 3.05) is 13.1 Å². The fourth-order valence-electron chi connectivity index (χ4n) is 3.21. The van der Waals surface area contributed by atoms with Crippen LogP contribution in [0.1, 0.15) is 32.3 Å². The number of rotatable bonds is 3. The molecule has 104 valence electrons. The van der Waals surface area contributed by atoms with Crippen molar-refractivity contribution in [2.45, 2.75) is 44.8 Å².